The first-order valence-electron chi connectivity index (χ1n) is 9.22. The summed E-state index contributed by atoms with van der Waals surface area (Å²) in [5, 5.41) is 2.68. The lowest BCUT2D eigenvalue weighted by Gasteiger charge is -2.20. The topological polar surface area (TPSA) is 91.2 Å². The number of carbonyl (C=O) groups is 1. The number of nitrogens with zero attached hydrogens (tertiary/aromatic N) is 4. The van der Waals surface area contributed by atoms with Crippen molar-refractivity contribution in [3.63, 3.8) is 0 Å². The normalized spacial score (nSPS) is 11.6. The Morgan fingerprint density at radius 1 is 1.28 bits per heavy atom. The average molecular weight is 462 g/mol. The van der Waals surface area contributed by atoms with Gasteiger partial charge >= 0.3 is 6.09 Å². The molecule has 154 valence electrons. The van der Waals surface area contributed by atoms with Crippen LogP contribution in [0.5, 0.6) is 5.75 Å². The number of halogens is 1. The molecule has 0 aliphatic carbocycles. The molecular formula is C20H24BrN5O3. The zero-order chi connectivity index (χ0) is 21.3. The van der Waals surface area contributed by atoms with Crippen LogP contribution in [0, 0.1) is 6.92 Å². The number of aryl methyl sites for hydroxylation is 2. The Labute approximate surface area is 177 Å². The van der Waals surface area contributed by atoms with Crippen molar-refractivity contribution >= 4 is 39.0 Å². The van der Waals surface area contributed by atoms with E-state index in [1.165, 1.54) is 0 Å². The number of ether oxygens (including phenoxy) is 2. The Balaban J connectivity index is 2.09. The summed E-state index contributed by atoms with van der Waals surface area (Å²) in [6.07, 6.45) is 1.20. The summed E-state index contributed by atoms with van der Waals surface area (Å²) in [7, 11) is 1.87. The number of imidazole rings is 1. The number of pyridine rings is 2. The summed E-state index contributed by atoms with van der Waals surface area (Å²) in [6, 6.07) is 3.72. The number of anilines is 1. The minimum atomic E-state index is -0.619. The Bertz CT molecular complexity index is 1070. The summed E-state index contributed by atoms with van der Waals surface area (Å²) in [6.45, 7) is 9.71. The first-order chi connectivity index (χ1) is 13.6. The monoisotopic (exact) mass is 461 g/mol. The molecule has 0 fully saturated rings. The number of nitrogens with one attached hydrogen (secondary N) is 1. The quantitative estimate of drug-likeness (QED) is 0.596. The van der Waals surface area contributed by atoms with Gasteiger partial charge in [-0.25, -0.2) is 19.7 Å². The molecule has 9 heteroatoms. The van der Waals surface area contributed by atoms with E-state index in [0.29, 0.717) is 34.2 Å². The maximum Gasteiger partial charge on any atom is 0.413 e. The van der Waals surface area contributed by atoms with Gasteiger partial charge in [-0.3, -0.25) is 5.32 Å². The van der Waals surface area contributed by atoms with E-state index < -0.39 is 11.7 Å². The number of aromatic nitrogens is 4. The van der Waals surface area contributed by atoms with Crippen LogP contribution in [-0.2, 0) is 11.8 Å². The molecule has 3 aromatic rings. The molecule has 3 heterocycles. The van der Waals surface area contributed by atoms with Crippen molar-refractivity contribution < 1.29 is 14.3 Å². The number of carbonyl (C=O) groups excluding carboxylic acids is 1. The first kappa shape index (κ1) is 21.0. The number of hydrogen-bond donors (Lipinski definition) is 1. The second-order valence-corrected chi connectivity index (χ2v) is 8.43. The van der Waals surface area contributed by atoms with Gasteiger partial charge in [0, 0.05) is 19.3 Å². The molecule has 3 rings (SSSR count). The zero-order valence-electron chi connectivity index (χ0n) is 17.3. The van der Waals surface area contributed by atoms with Gasteiger partial charge in [-0.2, -0.15) is 0 Å². The molecule has 29 heavy (non-hydrogen) atoms. The molecule has 0 bridgehead atoms. The van der Waals surface area contributed by atoms with Crippen LogP contribution < -0.4 is 10.1 Å². The largest absolute Gasteiger partial charge is 0.491 e. The molecule has 3 aromatic heterocycles. The highest BCUT2D eigenvalue weighted by Gasteiger charge is 2.22. The van der Waals surface area contributed by atoms with E-state index in [9.17, 15) is 4.79 Å². The fourth-order valence-corrected chi connectivity index (χ4v) is 3.17. The van der Waals surface area contributed by atoms with E-state index in [0.717, 1.165) is 16.7 Å². The molecule has 0 saturated heterocycles. The smallest absolute Gasteiger partial charge is 0.413 e. The second-order valence-electron chi connectivity index (χ2n) is 7.58. The van der Waals surface area contributed by atoms with E-state index >= 15 is 0 Å². The van der Waals surface area contributed by atoms with Gasteiger partial charge in [-0.15, -0.1) is 0 Å². The van der Waals surface area contributed by atoms with Crippen molar-refractivity contribution in [2.45, 2.75) is 40.2 Å². The third-order valence-electron chi connectivity index (χ3n) is 3.92. The Hall–Kier alpha value is -2.68. The Kier molecular flexibility index (Phi) is 5.79. The summed E-state index contributed by atoms with van der Waals surface area (Å²) < 4.78 is 13.5. The van der Waals surface area contributed by atoms with E-state index in [4.69, 9.17) is 14.5 Å². The van der Waals surface area contributed by atoms with Crippen molar-refractivity contribution in [2.24, 2.45) is 7.05 Å². The lowest BCUT2D eigenvalue weighted by atomic mass is 10.2. The van der Waals surface area contributed by atoms with Gasteiger partial charge in [0.25, 0.3) is 0 Å². The minimum Gasteiger partial charge on any atom is -0.491 e. The predicted molar refractivity (Wildman–Crippen MR) is 115 cm³/mol. The molecular weight excluding hydrogens is 438 g/mol. The molecule has 0 saturated carbocycles. The van der Waals surface area contributed by atoms with Gasteiger partial charge < -0.3 is 14.0 Å². The number of hydrogen-bond acceptors (Lipinski definition) is 6. The van der Waals surface area contributed by atoms with Gasteiger partial charge in [0.1, 0.15) is 16.9 Å². The van der Waals surface area contributed by atoms with Crippen LogP contribution in [-0.4, -0.2) is 37.8 Å². The lowest BCUT2D eigenvalue weighted by Crippen LogP contribution is -2.27. The van der Waals surface area contributed by atoms with Crippen molar-refractivity contribution in [1.82, 2.24) is 19.5 Å². The molecule has 0 aliphatic rings. The standard InChI is InChI=1S/C20H24BrN5O3/c1-7-28-14-9-12(21)16(25-19(27)29-20(3,4)5)24-15(14)18-23-13-8-11(2)10-22-17(13)26(18)6/h8-10H,7H2,1-6H3,(H,24,25,27). The lowest BCUT2D eigenvalue weighted by molar-refractivity contribution is 0.0635. The SMILES string of the molecule is CCOc1cc(Br)c(NC(=O)OC(C)(C)C)nc1-c1nc2cc(C)cnc2n1C. The summed E-state index contributed by atoms with van der Waals surface area (Å²) in [5.74, 6) is 1.44. The summed E-state index contributed by atoms with van der Waals surface area (Å²) in [5.41, 5.74) is 2.39. The van der Waals surface area contributed by atoms with Gasteiger partial charge in [0.2, 0.25) is 0 Å². The van der Waals surface area contributed by atoms with Gasteiger partial charge in [0.05, 0.1) is 11.1 Å². The molecule has 0 unspecified atom stereocenters. The van der Waals surface area contributed by atoms with Crippen molar-refractivity contribution in [3.05, 3.63) is 28.4 Å². The van der Waals surface area contributed by atoms with E-state index in [1.54, 1.807) is 33.0 Å². The van der Waals surface area contributed by atoms with Crippen LogP contribution in [0.25, 0.3) is 22.7 Å². The minimum absolute atomic E-state index is 0.314. The average Bonchev–Trinajstić information content (AvgIpc) is 2.91. The van der Waals surface area contributed by atoms with E-state index in [2.05, 4.69) is 31.2 Å². The van der Waals surface area contributed by atoms with Crippen LogP contribution in [0.3, 0.4) is 0 Å². The van der Waals surface area contributed by atoms with Gasteiger partial charge in [0.15, 0.2) is 23.0 Å². The molecule has 0 spiro atoms. The third-order valence-corrected chi connectivity index (χ3v) is 4.52. The van der Waals surface area contributed by atoms with Crippen molar-refractivity contribution in [3.8, 4) is 17.3 Å². The maximum atomic E-state index is 12.2. The maximum absolute atomic E-state index is 12.2. The second kappa shape index (κ2) is 7.98. The molecule has 0 atom stereocenters. The van der Waals surface area contributed by atoms with E-state index in [-0.39, 0.29) is 0 Å². The molecule has 8 nitrogen and oxygen atoms in total. The highest BCUT2D eigenvalue weighted by atomic mass is 79.9. The number of amides is 1. The predicted octanol–water partition coefficient (Wildman–Crippen LogP) is 4.85. The van der Waals surface area contributed by atoms with Crippen LogP contribution in [0.4, 0.5) is 10.6 Å². The highest BCUT2D eigenvalue weighted by molar-refractivity contribution is 9.10. The first-order valence-corrected chi connectivity index (χ1v) is 10.0. The van der Waals surface area contributed by atoms with Crippen molar-refractivity contribution in [1.29, 1.82) is 0 Å². The Morgan fingerprint density at radius 3 is 2.66 bits per heavy atom. The number of rotatable bonds is 4. The van der Waals surface area contributed by atoms with Crippen molar-refractivity contribution in [2.75, 3.05) is 11.9 Å². The van der Waals surface area contributed by atoms with Crippen LogP contribution in [0.2, 0.25) is 0 Å². The summed E-state index contributed by atoms with van der Waals surface area (Å²) in [4.78, 5) is 26.0. The molecule has 1 N–H and O–H groups in total. The van der Waals surface area contributed by atoms with Gasteiger partial charge in [-0.05, 0) is 62.2 Å². The van der Waals surface area contributed by atoms with Crippen LogP contribution in [0.1, 0.15) is 33.3 Å². The molecule has 0 radical (unpaired) electrons. The molecule has 0 aromatic carbocycles. The van der Waals surface area contributed by atoms with E-state index in [1.807, 2.05) is 31.5 Å². The van der Waals surface area contributed by atoms with Gasteiger partial charge in [-0.1, -0.05) is 0 Å². The molecule has 1 amide bonds. The summed E-state index contributed by atoms with van der Waals surface area (Å²) >= 11 is 3.44. The highest BCUT2D eigenvalue weighted by Crippen LogP contribution is 2.35. The zero-order valence-corrected chi connectivity index (χ0v) is 18.9. The third kappa shape index (κ3) is 4.67. The molecule has 0 aliphatic heterocycles. The number of fused-ring (bicyclic) bond motifs is 1. The Morgan fingerprint density at radius 2 is 2.00 bits per heavy atom. The fraction of sp³-hybridized carbons (Fsp3) is 0.400. The van der Waals surface area contributed by atoms with Crippen LogP contribution >= 0.6 is 15.9 Å². The van der Waals surface area contributed by atoms with Crippen LogP contribution in [0.15, 0.2) is 22.8 Å². The fourth-order valence-electron chi connectivity index (χ4n) is 2.77.